The summed E-state index contributed by atoms with van der Waals surface area (Å²) in [6.07, 6.45) is 2.54. The molecule has 4 heteroatoms. The predicted molar refractivity (Wildman–Crippen MR) is 108 cm³/mol. The fraction of sp³-hybridized carbons (Fsp3) is 0.0833. The smallest absolute Gasteiger partial charge is 0.417 e. The molecule has 0 bridgehead atoms. The van der Waals surface area contributed by atoms with Crippen LogP contribution in [0.3, 0.4) is 0 Å². The molecule has 0 spiro atoms. The Bertz CT molecular complexity index is 1010. The van der Waals surface area contributed by atoms with Gasteiger partial charge >= 0.3 is 6.09 Å². The van der Waals surface area contributed by atoms with Gasteiger partial charge in [0.2, 0.25) is 0 Å². The molecular weight excluding hydrogens is 350 g/mol. The van der Waals surface area contributed by atoms with E-state index in [-0.39, 0.29) is 12.5 Å². The van der Waals surface area contributed by atoms with Gasteiger partial charge < -0.3 is 4.74 Å². The molecule has 1 saturated heterocycles. The maximum absolute atomic E-state index is 12.7. The van der Waals surface area contributed by atoms with Crippen molar-refractivity contribution in [2.24, 2.45) is 0 Å². The number of hydrogen-bond acceptors (Lipinski definition) is 3. The molecule has 4 rings (SSSR count). The summed E-state index contributed by atoms with van der Waals surface area (Å²) in [5.74, 6) is -0.388. The molecule has 1 fully saturated rings. The number of carbonyl (C=O) groups excluding carboxylic acids is 2. The van der Waals surface area contributed by atoms with Gasteiger partial charge in [-0.15, -0.1) is 0 Å². The number of amides is 2. The number of hydrogen-bond donors (Lipinski definition) is 0. The second-order valence-electron chi connectivity index (χ2n) is 6.54. The number of rotatable bonds is 4. The molecule has 28 heavy (non-hydrogen) atoms. The van der Waals surface area contributed by atoms with E-state index in [0.29, 0.717) is 0 Å². The van der Waals surface area contributed by atoms with Crippen molar-refractivity contribution in [2.75, 3.05) is 6.61 Å². The van der Waals surface area contributed by atoms with Gasteiger partial charge in [-0.25, -0.2) is 9.69 Å². The van der Waals surface area contributed by atoms with Crippen molar-refractivity contribution in [1.82, 2.24) is 4.90 Å². The minimum Gasteiger partial charge on any atom is -0.446 e. The summed E-state index contributed by atoms with van der Waals surface area (Å²) in [6.45, 7) is 0.173. The van der Waals surface area contributed by atoms with Crippen LogP contribution in [-0.2, 0) is 9.53 Å². The third kappa shape index (κ3) is 3.71. The topological polar surface area (TPSA) is 46.6 Å². The summed E-state index contributed by atoms with van der Waals surface area (Å²) in [5, 5.41) is 0. The minimum absolute atomic E-state index is 0.173. The summed E-state index contributed by atoms with van der Waals surface area (Å²) in [6, 6.07) is 27.0. The number of imide groups is 1. The van der Waals surface area contributed by atoms with E-state index in [0.717, 1.165) is 22.3 Å². The van der Waals surface area contributed by atoms with Crippen LogP contribution in [0.25, 0.3) is 17.2 Å². The van der Waals surface area contributed by atoms with E-state index in [9.17, 15) is 9.59 Å². The van der Waals surface area contributed by atoms with E-state index < -0.39 is 12.1 Å². The first-order valence-electron chi connectivity index (χ1n) is 9.11. The van der Waals surface area contributed by atoms with Crippen LogP contribution in [-0.4, -0.2) is 23.5 Å². The van der Waals surface area contributed by atoms with Crippen LogP contribution in [0, 0.1) is 0 Å². The van der Waals surface area contributed by atoms with E-state index in [1.165, 1.54) is 11.0 Å². The second-order valence-corrected chi connectivity index (χ2v) is 6.54. The van der Waals surface area contributed by atoms with Crippen molar-refractivity contribution in [3.8, 4) is 11.1 Å². The van der Waals surface area contributed by atoms with Gasteiger partial charge in [-0.05, 0) is 34.4 Å². The second kappa shape index (κ2) is 7.92. The number of nitrogens with zero attached hydrogens (tertiary/aromatic N) is 1. The zero-order valence-electron chi connectivity index (χ0n) is 15.2. The van der Waals surface area contributed by atoms with Crippen molar-refractivity contribution in [3.05, 3.63) is 102 Å². The van der Waals surface area contributed by atoms with E-state index in [1.807, 2.05) is 84.9 Å². The van der Waals surface area contributed by atoms with Gasteiger partial charge in [-0.2, -0.15) is 0 Å². The van der Waals surface area contributed by atoms with Gasteiger partial charge in [0.05, 0.1) is 0 Å². The lowest BCUT2D eigenvalue weighted by Crippen LogP contribution is -2.32. The lowest BCUT2D eigenvalue weighted by atomic mass is 10.0. The molecule has 0 aromatic heterocycles. The standard InChI is InChI=1S/C24H19NO3/c26-23(25-22(17-28-24(25)27)20-11-5-2-6-12-20)15-14-18-8-7-13-21(16-18)19-9-3-1-4-10-19/h1-16,22H,17H2/b15-14+/t22-/m1/s1. The average Bonchev–Trinajstić information content (AvgIpc) is 3.15. The molecule has 1 aliphatic rings. The molecule has 0 aliphatic carbocycles. The first-order chi connectivity index (χ1) is 13.7. The third-order valence-corrected chi connectivity index (χ3v) is 4.71. The van der Waals surface area contributed by atoms with E-state index in [4.69, 9.17) is 4.74 Å². The first kappa shape index (κ1) is 17.7. The maximum Gasteiger partial charge on any atom is 0.417 e. The number of cyclic esters (lactones) is 1. The summed E-state index contributed by atoms with van der Waals surface area (Å²) in [5.41, 5.74) is 3.94. The molecule has 0 saturated carbocycles. The SMILES string of the molecule is O=C(/C=C/c1cccc(-c2ccccc2)c1)N1C(=O)OC[C@@H]1c1ccccc1. The molecule has 4 nitrogen and oxygen atoms in total. The van der Waals surface area contributed by atoms with Crippen molar-refractivity contribution >= 4 is 18.1 Å². The molecule has 0 unspecified atom stereocenters. The highest BCUT2D eigenvalue weighted by molar-refractivity contribution is 6.02. The molecule has 3 aromatic rings. The summed E-state index contributed by atoms with van der Waals surface area (Å²) >= 11 is 0. The fourth-order valence-electron chi connectivity index (χ4n) is 3.29. The van der Waals surface area contributed by atoms with Gasteiger partial charge in [0.25, 0.3) is 5.91 Å². The molecule has 138 valence electrons. The van der Waals surface area contributed by atoms with E-state index in [2.05, 4.69) is 0 Å². The Balaban J connectivity index is 1.54. The number of ether oxygens (including phenoxy) is 1. The van der Waals surface area contributed by atoms with Crippen LogP contribution in [0.1, 0.15) is 17.2 Å². The van der Waals surface area contributed by atoms with Crippen LogP contribution in [0.4, 0.5) is 4.79 Å². The third-order valence-electron chi connectivity index (χ3n) is 4.71. The summed E-state index contributed by atoms with van der Waals surface area (Å²) < 4.78 is 5.11. The molecule has 1 aliphatic heterocycles. The number of carbonyl (C=O) groups is 2. The van der Waals surface area contributed by atoms with Crippen molar-refractivity contribution in [3.63, 3.8) is 0 Å². The Labute approximate surface area is 163 Å². The molecule has 3 aromatic carbocycles. The van der Waals surface area contributed by atoms with Crippen LogP contribution in [0.15, 0.2) is 91.0 Å². The Morgan fingerprint density at radius 3 is 2.32 bits per heavy atom. The van der Waals surface area contributed by atoms with E-state index in [1.54, 1.807) is 6.08 Å². The van der Waals surface area contributed by atoms with Gasteiger partial charge in [0.1, 0.15) is 12.6 Å². The molecular formula is C24H19NO3. The molecule has 2 amide bonds. The van der Waals surface area contributed by atoms with E-state index >= 15 is 0 Å². The highest BCUT2D eigenvalue weighted by atomic mass is 16.6. The molecule has 1 heterocycles. The molecule has 0 radical (unpaired) electrons. The van der Waals surface area contributed by atoms with Crippen molar-refractivity contribution in [1.29, 1.82) is 0 Å². The zero-order chi connectivity index (χ0) is 19.3. The summed E-state index contributed by atoms with van der Waals surface area (Å²) in [4.78, 5) is 26.0. The monoisotopic (exact) mass is 369 g/mol. The maximum atomic E-state index is 12.7. The zero-order valence-corrected chi connectivity index (χ0v) is 15.2. The summed E-state index contributed by atoms with van der Waals surface area (Å²) in [7, 11) is 0. The normalized spacial score (nSPS) is 16.4. The lowest BCUT2D eigenvalue weighted by Gasteiger charge is -2.18. The molecule has 1 atom stereocenters. The Hall–Kier alpha value is -3.66. The lowest BCUT2D eigenvalue weighted by molar-refractivity contribution is -0.124. The van der Waals surface area contributed by atoms with Crippen LogP contribution >= 0.6 is 0 Å². The average molecular weight is 369 g/mol. The van der Waals surface area contributed by atoms with Gasteiger partial charge in [-0.3, -0.25) is 4.79 Å². The highest BCUT2D eigenvalue weighted by Gasteiger charge is 2.37. The van der Waals surface area contributed by atoms with Gasteiger partial charge in [-0.1, -0.05) is 78.9 Å². The van der Waals surface area contributed by atoms with Gasteiger partial charge in [0, 0.05) is 6.08 Å². The quantitative estimate of drug-likeness (QED) is 0.602. The minimum atomic E-state index is -0.610. The Morgan fingerprint density at radius 2 is 1.57 bits per heavy atom. The Morgan fingerprint density at radius 1 is 0.893 bits per heavy atom. The molecule has 0 N–H and O–H groups in total. The largest absolute Gasteiger partial charge is 0.446 e. The highest BCUT2D eigenvalue weighted by Crippen LogP contribution is 2.28. The van der Waals surface area contributed by atoms with Crippen molar-refractivity contribution in [2.45, 2.75) is 6.04 Å². The van der Waals surface area contributed by atoms with Crippen LogP contribution in [0.5, 0.6) is 0 Å². The van der Waals surface area contributed by atoms with Crippen molar-refractivity contribution < 1.29 is 14.3 Å². The predicted octanol–water partition coefficient (Wildman–Crippen LogP) is 5.09. The number of benzene rings is 3. The van der Waals surface area contributed by atoms with Crippen LogP contribution in [0.2, 0.25) is 0 Å². The fourth-order valence-corrected chi connectivity index (χ4v) is 3.29. The first-order valence-corrected chi connectivity index (χ1v) is 9.11. The van der Waals surface area contributed by atoms with Crippen LogP contribution < -0.4 is 0 Å². The Kier molecular flexibility index (Phi) is 5.02. The van der Waals surface area contributed by atoms with Gasteiger partial charge in [0.15, 0.2) is 0 Å².